The highest BCUT2D eigenvalue weighted by atomic mass is 32.1. The van der Waals surface area contributed by atoms with Crippen LogP contribution in [0.1, 0.15) is 29.7 Å². The zero-order valence-electron chi connectivity index (χ0n) is 16.4. The molecule has 2 aromatic heterocycles. The summed E-state index contributed by atoms with van der Waals surface area (Å²) < 4.78 is 11.2. The fraction of sp³-hybridized carbons (Fsp3) is 0.364. The molecular formula is C22H25N3O3S. The maximum absolute atomic E-state index is 12.7. The summed E-state index contributed by atoms with van der Waals surface area (Å²) in [6.45, 7) is 4.39. The van der Waals surface area contributed by atoms with Crippen LogP contribution >= 0.6 is 12.2 Å². The largest absolute Gasteiger partial charge is 0.467 e. The molecule has 0 spiro atoms. The summed E-state index contributed by atoms with van der Waals surface area (Å²) >= 11 is 5.65. The van der Waals surface area contributed by atoms with Crippen molar-refractivity contribution >= 4 is 28.2 Å². The number of rotatable bonds is 6. The van der Waals surface area contributed by atoms with Gasteiger partial charge >= 0.3 is 0 Å². The number of H-pyrrole nitrogens is 1. The van der Waals surface area contributed by atoms with Gasteiger partial charge in [0.05, 0.1) is 25.5 Å². The molecule has 4 rings (SSSR count). The predicted molar refractivity (Wildman–Crippen MR) is 117 cm³/mol. The van der Waals surface area contributed by atoms with E-state index in [4.69, 9.17) is 21.4 Å². The minimum atomic E-state index is -0.0903. The molecule has 1 aliphatic rings. The van der Waals surface area contributed by atoms with Crippen molar-refractivity contribution in [1.82, 2.24) is 15.2 Å². The van der Waals surface area contributed by atoms with Crippen molar-refractivity contribution < 1.29 is 9.15 Å². The van der Waals surface area contributed by atoms with Gasteiger partial charge in [0.1, 0.15) is 5.76 Å². The third-order valence-corrected chi connectivity index (χ3v) is 5.57. The molecule has 1 saturated heterocycles. The van der Waals surface area contributed by atoms with Gasteiger partial charge in [0.2, 0.25) is 0 Å². The minimum absolute atomic E-state index is 0.0903. The summed E-state index contributed by atoms with van der Waals surface area (Å²) in [5.74, 6) is 0.809. The van der Waals surface area contributed by atoms with Crippen molar-refractivity contribution in [3.63, 3.8) is 0 Å². The summed E-state index contributed by atoms with van der Waals surface area (Å²) in [5.41, 5.74) is 2.59. The molecule has 29 heavy (non-hydrogen) atoms. The molecular weight excluding hydrogens is 386 g/mol. The van der Waals surface area contributed by atoms with Crippen molar-refractivity contribution in [3.05, 3.63) is 69.9 Å². The van der Waals surface area contributed by atoms with E-state index in [0.717, 1.165) is 41.7 Å². The summed E-state index contributed by atoms with van der Waals surface area (Å²) in [6.07, 6.45) is 3.83. The Morgan fingerprint density at radius 3 is 3.00 bits per heavy atom. The highest BCUT2D eigenvalue weighted by Crippen LogP contribution is 2.17. The molecule has 3 aromatic rings. The topological polar surface area (TPSA) is 70.5 Å². The number of nitrogens with zero attached hydrogens (tertiary/aromatic N) is 1. The van der Waals surface area contributed by atoms with Crippen molar-refractivity contribution in [3.8, 4) is 0 Å². The molecule has 0 amide bonds. The van der Waals surface area contributed by atoms with Crippen LogP contribution in [0.2, 0.25) is 0 Å². The SMILES string of the molecule is Cc1ccc2[nH]c(=O)c(CN(C[C@H]3CCCO3)C(=S)NCc3ccco3)cc2c1. The third-order valence-electron chi connectivity index (χ3n) is 5.17. The number of aryl methyl sites for hydroxylation is 1. The second-order valence-corrected chi connectivity index (χ2v) is 7.85. The molecule has 152 valence electrons. The maximum Gasteiger partial charge on any atom is 0.253 e. The third kappa shape index (κ3) is 4.86. The van der Waals surface area contributed by atoms with E-state index in [1.807, 2.05) is 42.2 Å². The number of aromatic amines is 1. The van der Waals surface area contributed by atoms with Crippen LogP contribution < -0.4 is 10.9 Å². The zero-order valence-corrected chi connectivity index (χ0v) is 17.3. The van der Waals surface area contributed by atoms with E-state index >= 15 is 0 Å². The van der Waals surface area contributed by atoms with Crippen molar-refractivity contribution in [2.75, 3.05) is 13.2 Å². The Morgan fingerprint density at radius 2 is 2.24 bits per heavy atom. The molecule has 1 aliphatic heterocycles. The molecule has 1 aromatic carbocycles. The fourth-order valence-electron chi connectivity index (χ4n) is 3.64. The standard InChI is InChI=1S/C22H25N3O3S/c1-15-6-7-20-16(10-15)11-17(21(26)24-20)13-25(14-19-5-3-9-28-19)22(29)23-12-18-4-2-8-27-18/h2,4,6-8,10-11,19H,3,5,9,12-14H2,1H3,(H,23,29)(H,24,26)/t19-/m1/s1. The van der Waals surface area contributed by atoms with Gasteiger partial charge in [-0.3, -0.25) is 4.79 Å². The number of benzene rings is 1. The number of fused-ring (bicyclic) bond motifs is 1. The Kier molecular flexibility index (Phi) is 5.97. The molecule has 2 N–H and O–H groups in total. The van der Waals surface area contributed by atoms with E-state index in [0.29, 0.717) is 30.3 Å². The maximum atomic E-state index is 12.7. The van der Waals surface area contributed by atoms with E-state index in [-0.39, 0.29) is 11.7 Å². The smallest absolute Gasteiger partial charge is 0.253 e. The van der Waals surface area contributed by atoms with Gasteiger partial charge in [-0.2, -0.15) is 0 Å². The number of pyridine rings is 1. The molecule has 3 heterocycles. The number of aromatic nitrogens is 1. The quantitative estimate of drug-likeness (QED) is 0.605. The second-order valence-electron chi connectivity index (χ2n) is 7.47. The van der Waals surface area contributed by atoms with Gasteiger partial charge in [-0.25, -0.2) is 0 Å². The fourth-order valence-corrected chi connectivity index (χ4v) is 3.85. The predicted octanol–water partition coefficient (Wildman–Crippen LogP) is 3.49. The van der Waals surface area contributed by atoms with E-state index in [1.54, 1.807) is 6.26 Å². The zero-order chi connectivity index (χ0) is 20.2. The Balaban J connectivity index is 1.55. The van der Waals surface area contributed by atoms with Gasteiger partial charge in [0.25, 0.3) is 5.56 Å². The Labute approximate surface area is 174 Å². The number of furan rings is 1. The van der Waals surface area contributed by atoms with E-state index in [2.05, 4.69) is 16.4 Å². The van der Waals surface area contributed by atoms with Gasteiger partial charge in [-0.15, -0.1) is 0 Å². The van der Waals surface area contributed by atoms with E-state index < -0.39 is 0 Å². The molecule has 1 fully saturated rings. The summed E-state index contributed by atoms with van der Waals surface area (Å²) in [4.78, 5) is 17.7. The van der Waals surface area contributed by atoms with Gasteiger partial charge in [-0.1, -0.05) is 11.6 Å². The lowest BCUT2D eigenvalue weighted by molar-refractivity contribution is 0.0896. The molecule has 1 atom stereocenters. The molecule has 0 radical (unpaired) electrons. The van der Waals surface area contributed by atoms with Crippen LogP contribution in [-0.4, -0.2) is 34.3 Å². The lowest BCUT2D eigenvalue weighted by Crippen LogP contribution is -2.43. The highest BCUT2D eigenvalue weighted by molar-refractivity contribution is 7.80. The molecule has 6 nitrogen and oxygen atoms in total. The van der Waals surface area contributed by atoms with Crippen molar-refractivity contribution in [2.45, 2.75) is 39.0 Å². The number of thiocarbonyl (C=S) groups is 1. The summed E-state index contributed by atoms with van der Waals surface area (Å²) in [7, 11) is 0. The van der Waals surface area contributed by atoms with Gasteiger partial charge in [-0.05, 0) is 67.7 Å². The lowest BCUT2D eigenvalue weighted by Gasteiger charge is -2.28. The number of nitrogens with one attached hydrogen (secondary N) is 2. The van der Waals surface area contributed by atoms with Crippen LogP contribution in [0.15, 0.2) is 51.9 Å². The lowest BCUT2D eigenvalue weighted by atomic mass is 10.1. The first-order chi connectivity index (χ1) is 14.1. The molecule has 0 bridgehead atoms. The van der Waals surface area contributed by atoms with Gasteiger partial charge in [0.15, 0.2) is 5.11 Å². The summed E-state index contributed by atoms with van der Waals surface area (Å²) in [5, 5.41) is 4.84. The Hall–Kier alpha value is -2.64. The number of hydrogen-bond acceptors (Lipinski definition) is 4. The first-order valence-corrected chi connectivity index (χ1v) is 10.3. The molecule has 7 heteroatoms. The minimum Gasteiger partial charge on any atom is -0.467 e. The first-order valence-electron chi connectivity index (χ1n) is 9.88. The van der Waals surface area contributed by atoms with Crippen LogP contribution in [0.5, 0.6) is 0 Å². The van der Waals surface area contributed by atoms with Crippen LogP contribution in [0.25, 0.3) is 10.9 Å². The van der Waals surface area contributed by atoms with Crippen molar-refractivity contribution in [2.24, 2.45) is 0 Å². The van der Waals surface area contributed by atoms with Gasteiger partial charge < -0.3 is 24.4 Å². The Morgan fingerprint density at radius 1 is 1.34 bits per heavy atom. The second kappa shape index (κ2) is 8.80. The highest BCUT2D eigenvalue weighted by Gasteiger charge is 2.22. The first kappa shape index (κ1) is 19.7. The van der Waals surface area contributed by atoms with Crippen LogP contribution in [0.3, 0.4) is 0 Å². The number of hydrogen-bond donors (Lipinski definition) is 2. The van der Waals surface area contributed by atoms with E-state index in [1.165, 1.54) is 0 Å². The molecule has 0 saturated carbocycles. The van der Waals surface area contributed by atoms with Crippen LogP contribution in [0.4, 0.5) is 0 Å². The average Bonchev–Trinajstić information content (AvgIpc) is 3.40. The normalized spacial score (nSPS) is 16.2. The Bertz CT molecular complexity index is 1040. The van der Waals surface area contributed by atoms with E-state index in [9.17, 15) is 4.79 Å². The monoisotopic (exact) mass is 411 g/mol. The molecule has 0 aliphatic carbocycles. The van der Waals surface area contributed by atoms with Crippen molar-refractivity contribution in [1.29, 1.82) is 0 Å². The van der Waals surface area contributed by atoms with Crippen LogP contribution in [-0.2, 0) is 17.8 Å². The van der Waals surface area contributed by atoms with Gasteiger partial charge in [0, 0.05) is 24.2 Å². The average molecular weight is 412 g/mol. The number of ether oxygens (including phenoxy) is 1. The summed E-state index contributed by atoms with van der Waals surface area (Å²) in [6, 6.07) is 11.7. The molecule has 0 unspecified atom stereocenters. The van der Waals surface area contributed by atoms with Crippen LogP contribution in [0, 0.1) is 6.92 Å².